The molecule has 150 valence electrons. The quantitative estimate of drug-likeness (QED) is 0.618. The fraction of sp³-hybridized carbons (Fsp3) is 0.261. The fourth-order valence-corrected chi connectivity index (χ4v) is 3.26. The van der Waals surface area contributed by atoms with Gasteiger partial charge in [-0.15, -0.1) is 0 Å². The van der Waals surface area contributed by atoms with E-state index in [1.165, 1.54) is 0 Å². The molecule has 0 atom stereocenters. The van der Waals surface area contributed by atoms with Gasteiger partial charge in [-0.1, -0.05) is 42.5 Å². The van der Waals surface area contributed by atoms with E-state index in [2.05, 4.69) is 34.4 Å². The molecule has 0 bridgehead atoms. The van der Waals surface area contributed by atoms with Crippen LogP contribution < -0.4 is 15.5 Å². The summed E-state index contributed by atoms with van der Waals surface area (Å²) in [4.78, 5) is 30.9. The third-order valence-corrected chi connectivity index (χ3v) is 4.80. The Morgan fingerprint density at radius 1 is 0.931 bits per heavy atom. The summed E-state index contributed by atoms with van der Waals surface area (Å²) in [7, 11) is 0. The third-order valence-electron chi connectivity index (χ3n) is 4.80. The molecule has 0 unspecified atom stereocenters. The maximum Gasteiger partial charge on any atom is 0.243 e. The summed E-state index contributed by atoms with van der Waals surface area (Å²) in [6.07, 6.45) is 1.86. The summed E-state index contributed by atoms with van der Waals surface area (Å²) >= 11 is 0. The molecule has 3 rings (SSSR count). The maximum atomic E-state index is 12.3. The Kier molecular flexibility index (Phi) is 6.79. The summed E-state index contributed by atoms with van der Waals surface area (Å²) in [6, 6.07) is 17.5. The van der Waals surface area contributed by atoms with Crippen molar-refractivity contribution in [1.82, 2.24) is 10.3 Å². The first-order chi connectivity index (χ1) is 14.1. The minimum absolute atomic E-state index is 0.0819. The molecule has 2 N–H and O–H groups in total. The van der Waals surface area contributed by atoms with Crippen LogP contribution in [0.1, 0.15) is 19.4 Å². The zero-order chi connectivity index (χ0) is 20.6. The highest BCUT2D eigenvalue weighted by Crippen LogP contribution is 2.19. The number of carbonyl (C=O) groups is 2. The second-order valence-electron chi connectivity index (χ2n) is 6.72. The largest absolute Gasteiger partial charge is 0.357 e. The maximum absolute atomic E-state index is 12.3. The van der Waals surface area contributed by atoms with Crippen molar-refractivity contribution in [2.75, 3.05) is 29.9 Å². The van der Waals surface area contributed by atoms with Crippen LogP contribution in [0.4, 0.5) is 11.5 Å². The third kappa shape index (κ3) is 5.31. The molecule has 6 nitrogen and oxygen atoms in total. The standard InChI is InChI=1S/C23H26N4O2/c1-3-27(4-2)21-13-12-19(15-24-21)26-23(29)16-25-22(28)14-18-10-7-9-17-8-5-6-11-20(17)18/h5-13,15H,3-4,14,16H2,1-2H3,(H,25,28)(H,26,29). The number of rotatable bonds is 8. The van der Waals surface area contributed by atoms with Crippen LogP contribution in [0, 0.1) is 0 Å². The zero-order valence-corrected chi connectivity index (χ0v) is 16.8. The van der Waals surface area contributed by atoms with Crippen molar-refractivity contribution in [3.05, 3.63) is 66.4 Å². The first-order valence-corrected chi connectivity index (χ1v) is 9.85. The Morgan fingerprint density at radius 3 is 2.41 bits per heavy atom. The summed E-state index contributed by atoms with van der Waals surface area (Å²) in [6.45, 7) is 5.81. The SMILES string of the molecule is CCN(CC)c1ccc(NC(=O)CNC(=O)Cc2cccc3ccccc23)cn1. The molecule has 0 aliphatic rings. The second-order valence-corrected chi connectivity index (χ2v) is 6.72. The van der Waals surface area contributed by atoms with Crippen LogP contribution in [0.2, 0.25) is 0 Å². The van der Waals surface area contributed by atoms with Gasteiger partial charge in [0.15, 0.2) is 0 Å². The van der Waals surface area contributed by atoms with Crippen molar-refractivity contribution >= 4 is 34.1 Å². The molecule has 1 heterocycles. The number of nitrogens with one attached hydrogen (secondary N) is 2. The van der Waals surface area contributed by atoms with E-state index in [0.717, 1.165) is 35.2 Å². The van der Waals surface area contributed by atoms with Crippen molar-refractivity contribution in [2.24, 2.45) is 0 Å². The van der Waals surface area contributed by atoms with Crippen LogP contribution in [0.25, 0.3) is 10.8 Å². The summed E-state index contributed by atoms with van der Waals surface area (Å²) < 4.78 is 0. The molecule has 1 aromatic heterocycles. The Hall–Kier alpha value is -3.41. The fourth-order valence-electron chi connectivity index (χ4n) is 3.26. The summed E-state index contributed by atoms with van der Waals surface area (Å²) in [5, 5.41) is 7.59. The number of fused-ring (bicyclic) bond motifs is 1. The minimum Gasteiger partial charge on any atom is -0.357 e. The number of anilines is 2. The second kappa shape index (κ2) is 9.68. The molecule has 3 aromatic rings. The zero-order valence-electron chi connectivity index (χ0n) is 16.8. The van der Waals surface area contributed by atoms with Crippen molar-refractivity contribution in [3.63, 3.8) is 0 Å². The topological polar surface area (TPSA) is 74.3 Å². The summed E-state index contributed by atoms with van der Waals surface area (Å²) in [5.74, 6) is 0.400. The Labute approximate surface area is 170 Å². The lowest BCUT2D eigenvalue weighted by atomic mass is 10.0. The average molecular weight is 390 g/mol. The molecule has 0 aliphatic heterocycles. The van der Waals surface area contributed by atoms with Gasteiger partial charge in [0.05, 0.1) is 24.8 Å². The van der Waals surface area contributed by atoms with Gasteiger partial charge in [-0.3, -0.25) is 9.59 Å². The molecule has 0 saturated heterocycles. The highest BCUT2D eigenvalue weighted by molar-refractivity contribution is 5.95. The van der Waals surface area contributed by atoms with Crippen molar-refractivity contribution in [3.8, 4) is 0 Å². The van der Waals surface area contributed by atoms with Gasteiger partial charge in [-0.25, -0.2) is 4.98 Å². The number of nitrogens with zero attached hydrogens (tertiary/aromatic N) is 2. The predicted molar refractivity (Wildman–Crippen MR) is 117 cm³/mol. The van der Waals surface area contributed by atoms with Gasteiger partial charge in [0.2, 0.25) is 11.8 Å². The van der Waals surface area contributed by atoms with Gasteiger partial charge in [0, 0.05) is 13.1 Å². The molecular formula is C23H26N4O2. The Balaban J connectivity index is 1.52. The monoisotopic (exact) mass is 390 g/mol. The first-order valence-electron chi connectivity index (χ1n) is 9.85. The summed E-state index contributed by atoms with van der Waals surface area (Å²) in [5.41, 5.74) is 1.55. The Bertz CT molecular complexity index is 976. The molecule has 0 fully saturated rings. The van der Waals surface area contributed by atoms with Gasteiger partial charge in [-0.2, -0.15) is 0 Å². The molecule has 29 heavy (non-hydrogen) atoms. The van der Waals surface area contributed by atoms with Gasteiger partial charge < -0.3 is 15.5 Å². The van der Waals surface area contributed by atoms with Gasteiger partial charge in [0.1, 0.15) is 5.82 Å². The van der Waals surface area contributed by atoms with E-state index in [0.29, 0.717) is 5.69 Å². The molecule has 0 spiro atoms. The van der Waals surface area contributed by atoms with Crippen molar-refractivity contribution < 1.29 is 9.59 Å². The van der Waals surface area contributed by atoms with E-state index in [4.69, 9.17) is 0 Å². The number of carbonyl (C=O) groups excluding carboxylic acids is 2. The van der Waals surface area contributed by atoms with Crippen LogP contribution in [0.5, 0.6) is 0 Å². The smallest absolute Gasteiger partial charge is 0.243 e. The lowest BCUT2D eigenvalue weighted by Gasteiger charge is -2.19. The van der Waals surface area contributed by atoms with Gasteiger partial charge in [0.25, 0.3) is 0 Å². The average Bonchev–Trinajstić information content (AvgIpc) is 2.75. The van der Waals surface area contributed by atoms with E-state index < -0.39 is 0 Å². The molecule has 6 heteroatoms. The highest BCUT2D eigenvalue weighted by Gasteiger charge is 2.10. The number of hydrogen-bond donors (Lipinski definition) is 2. The molecule has 0 aliphatic carbocycles. The van der Waals surface area contributed by atoms with Crippen LogP contribution in [-0.4, -0.2) is 36.4 Å². The van der Waals surface area contributed by atoms with Crippen molar-refractivity contribution in [2.45, 2.75) is 20.3 Å². The molecule has 2 amide bonds. The first kappa shape index (κ1) is 20.3. The highest BCUT2D eigenvalue weighted by atomic mass is 16.2. The van der Waals surface area contributed by atoms with Crippen LogP contribution >= 0.6 is 0 Å². The van der Waals surface area contributed by atoms with E-state index >= 15 is 0 Å². The molecule has 0 radical (unpaired) electrons. The number of benzene rings is 2. The number of hydrogen-bond acceptors (Lipinski definition) is 4. The predicted octanol–water partition coefficient (Wildman–Crippen LogP) is 3.38. The van der Waals surface area contributed by atoms with E-state index in [1.807, 2.05) is 54.6 Å². The van der Waals surface area contributed by atoms with Crippen LogP contribution in [-0.2, 0) is 16.0 Å². The van der Waals surface area contributed by atoms with Crippen molar-refractivity contribution in [1.29, 1.82) is 0 Å². The Morgan fingerprint density at radius 2 is 1.69 bits per heavy atom. The molecule has 2 aromatic carbocycles. The van der Waals surface area contributed by atoms with E-state index in [-0.39, 0.29) is 24.8 Å². The molecule has 0 saturated carbocycles. The lowest BCUT2D eigenvalue weighted by molar-refractivity contribution is -0.123. The lowest BCUT2D eigenvalue weighted by Crippen LogP contribution is -2.33. The normalized spacial score (nSPS) is 10.6. The number of amides is 2. The van der Waals surface area contributed by atoms with E-state index in [9.17, 15) is 9.59 Å². The van der Waals surface area contributed by atoms with Gasteiger partial charge in [-0.05, 0) is 42.3 Å². The van der Waals surface area contributed by atoms with Crippen LogP contribution in [0.15, 0.2) is 60.8 Å². The van der Waals surface area contributed by atoms with E-state index in [1.54, 1.807) is 6.20 Å². The number of pyridine rings is 1. The number of aromatic nitrogens is 1. The minimum atomic E-state index is -0.284. The van der Waals surface area contributed by atoms with Gasteiger partial charge >= 0.3 is 0 Å². The molecular weight excluding hydrogens is 364 g/mol. The van der Waals surface area contributed by atoms with Crippen LogP contribution in [0.3, 0.4) is 0 Å².